The average molecular weight is 440 g/mol. The molecule has 166 valence electrons. The Hall–Kier alpha value is -2.09. The second-order valence-corrected chi connectivity index (χ2v) is 9.09. The second-order valence-electron chi connectivity index (χ2n) is 8.13. The van der Waals surface area contributed by atoms with Crippen LogP contribution in [0, 0.1) is 13.8 Å². The van der Waals surface area contributed by atoms with Gasteiger partial charge in [-0.05, 0) is 38.3 Å². The lowest BCUT2D eigenvalue weighted by atomic mass is 10.1. The van der Waals surface area contributed by atoms with E-state index in [0.717, 1.165) is 75.4 Å². The van der Waals surface area contributed by atoms with Crippen molar-refractivity contribution in [1.29, 1.82) is 0 Å². The maximum atomic E-state index is 5.40. The molecule has 2 aliphatic rings. The summed E-state index contributed by atoms with van der Waals surface area (Å²) in [6, 6.07) is 13.0. The lowest BCUT2D eigenvalue weighted by Crippen LogP contribution is -2.37. The van der Waals surface area contributed by atoms with Crippen LogP contribution in [0.15, 0.2) is 46.5 Å². The molecule has 4 rings (SSSR count). The Morgan fingerprint density at radius 2 is 1.94 bits per heavy atom. The fourth-order valence-electron chi connectivity index (χ4n) is 4.16. The third-order valence-electron chi connectivity index (χ3n) is 5.98. The molecule has 7 heteroatoms. The zero-order valence-corrected chi connectivity index (χ0v) is 19.5. The minimum atomic E-state index is 0.839. The maximum Gasteiger partial charge on any atom is 0.177 e. The minimum Gasteiger partial charge on any atom is -0.379 e. The van der Waals surface area contributed by atoms with Crippen LogP contribution >= 0.6 is 11.8 Å². The van der Waals surface area contributed by atoms with Crippen LogP contribution in [0.3, 0.4) is 0 Å². The zero-order valence-electron chi connectivity index (χ0n) is 18.6. The monoisotopic (exact) mass is 439 g/mol. The van der Waals surface area contributed by atoms with Crippen LogP contribution in [0.1, 0.15) is 28.9 Å². The fourth-order valence-corrected chi connectivity index (χ4v) is 4.94. The Labute approximate surface area is 189 Å². The van der Waals surface area contributed by atoms with Crippen molar-refractivity contribution >= 4 is 22.6 Å². The van der Waals surface area contributed by atoms with Gasteiger partial charge >= 0.3 is 0 Å². The summed E-state index contributed by atoms with van der Waals surface area (Å²) in [6.45, 7) is 11.1. The van der Waals surface area contributed by atoms with Crippen LogP contribution in [0.4, 0.5) is 0 Å². The largest absolute Gasteiger partial charge is 0.379 e. The second kappa shape index (κ2) is 11.0. The highest BCUT2D eigenvalue weighted by atomic mass is 32.2. The van der Waals surface area contributed by atoms with E-state index in [1.165, 1.54) is 22.5 Å². The van der Waals surface area contributed by atoms with Gasteiger partial charge in [-0.25, -0.2) is 0 Å². The highest BCUT2D eigenvalue weighted by Gasteiger charge is 2.18. The van der Waals surface area contributed by atoms with Crippen molar-refractivity contribution in [2.45, 2.75) is 33.2 Å². The summed E-state index contributed by atoms with van der Waals surface area (Å²) < 4.78 is 7.81. The maximum absolute atomic E-state index is 5.40. The van der Waals surface area contributed by atoms with Gasteiger partial charge in [0.1, 0.15) is 0 Å². The van der Waals surface area contributed by atoms with Crippen LogP contribution in [-0.4, -0.2) is 65.5 Å². The van der Waals surface area contributed by atoms with Crippen molar-refractivity contribution in [3.63, 3.8) is 0 Å². The number of hydrogen-bond acceptors (Lipinski definition) is 5. The van der Waals surface area contributed by atoms with E-state index in [0.29, 0.717) is 0 Å². The summed E-state index contributed by atoms with van der Waals surface area (Å²) >= 11 is 1.75. The first-order valence-electron chi connectivity index (χ1n) is 11.2. The van der Waals surface area contributed by atoms with Gasteiger partial charge in [-0.2, -0.15) is 5.10 Å². The third-order valence-corrected chi connectivity index (χ3v) is 6.89. The van der Waals surface area contributed by atoms with Gasteiger partial charge in [-0.3, -0.25) is 15.3 Å². The summed E-state index contributed by atoms with van der Waals surface area (Å²) in [5.74, 6) is 0.859. The molecule has 2 aliphatic heterocycles. The Kier molecular flexibility index (Phi) is 7.83. The molecule has 3 heterocycles. The number of ether oxygens (including phenoxy) is 1. The van der Waals surface area contributed by atoms with E-state index < -0.39 is 0 Å². The van der Waals surface area contributed by atoms with Gasteiger partial charge in [0.05, 0.1) is 18.9 Å². The van der Waals surface area contributed by atoms with Crippen LogP contribution in [-0.2, 0) is 17.7 Å². The number of hydrazone groups is 1. The number of amidine groups is 1. The van der Waals surface area contributed by atoms with Crippen LogP contribution in [0.25, 0.3) is 0 Å². The molecule has 0 unspecified atom stereocenters. The molecule has 1 aromatic carbocycles. The summed E-state index contributed by atoms with van der Waals surface area (Å²) in [7, 11) is 0. The summed E-state index contributed by atoms with van der Waals surface area (Å²) in [6.07, 6.45) is 2.11. The van der Waals surface area contributed by atoms with Crippen LogP contribution < -0.4 is 5.43 Å². The summed E-state index contributed by atoms with van der Waals surface area (Å²) in [5, 5.41) is 5.59. The number of benzene rings is 1. The molecule has 0 bridgehead atoms. The van der Waals surface area contributed by atoms with Gasteiger partial charge in [-0.15, -0.1) is 0 Å². The number of thioether (sulfide) groups is 1. The zero-order chi connectivity index (χ0) is 21.5. The molecular weight excluding hydrogens is 406 g/mol. The predicted molar refractivity (Wildman–Crippen MR) is 130 cm³/mol. The number of aliphatic imine (C=N–C) groups is 1. The minimum absolute atomic E-state index is 0.839. The van der Waals surface area contributed by atoms with Crippen molar-refractivity contribution in [2.24, 2.45) is 10.1 Å². The number of aromatic nitrogens is 1. The SMILES string of the molecule is Cc1cc(C2=NNC(=NCCCN3CCOCC3)SC2)c(C)n1CCc1ccccc1. The molecule has 1 aromatic heterocycles. The van der Waals surface area contributed by atoms with Gasteiger partial charge in [-0.1, -0.05) is 42.1 Å². The average Bonchev–Trinajstić information content (AvgIpc) is 3.10. The highest BCUT2D eigenvalue weighted by molar-refractivity contribution is 8.14. The molecule has 6 nitrogen and oxygen atoms in total. The molecule has 1 N–H and O–H groups in total. The molecule has 0 spiro atoms. The first-order chi connectivity index (χ1) is 15.2. The Bertz CT molecular complexity index is 916. The van der Waals surface area contributed by atoms with Crippen molar-refractivity contribution < 1.29 is 4.74 Å². The topological polar surface area (TPSA) is 54.1 Å². The quantitative estimate of drug-likeness (QED) is 0.640. The first-order valence-corrected chi connectivity index (χ1v) is 12.2. The Morgan fingerprint density at radius 3 is 2.68 bits per heavy atom. The van der Waals surface area contributed by atoms with E-state index >= 15 is 0 Å². The van der Waals surface area contributed by atoms with Crippen molar-refractivity contribution in [2.75, 3.05) is 45.1 Å². The number of rotatable bonds is 8. The van der Waals surface area contributed by atoms with Crippen molar-refractivity contribution in [3.05, 3.63) is 58.9 Å². The fraction of sp³-hybridized carbons (Fsp3) is 0.500. The number of nitrogens with zero attached hydrogens (tertiary/aromatic N) is 4. The summed E-state index contributed by atoms with van der Waals surface area (Å²) in [4.78, 5) is 7.16. The third kappa shape index (κ3) is 5.99. The molecule has 2 aromatic rings. The molecular formula is C24H33N5OS. The molecule has 1 saturated heterocycles. The number of hydrogen-bond donors (Lipinski definition) is 1. The van der Waals surface area contributed by atoms with Gasteiger partial charge in [0.15, 0.2) is 5.17 Å². The van der Waals surface area contributed by atoms with E-state index in [1.807, 2.05) is 0 Å². The van der Waals surface area contributed by atoms with E-state index in [2.05, 4.69) is 70.2 Å². The molecule has 0 saturated carbocycles. The molecule has 1 fully saturated rings. The number of nitrogens with one attached hydrogen (secondary N) is 1. The van der Waals surface area contributed by atoms with E-state index in [9.17, 15) is 0 Å². The smallest absolute Gasteiger partial charge is 0.177 e. The first kappa shape index (κ1) is 22.1. The van der Waals surface area contributed by atoms with Gasteiger partial charge in [0.25, 0.3) is 0 Å². The van der Waals surface area contributed by atoms with Gasteiger partial charge in [0.2, 0.25) is 0 Å². The van der Waals surface area contributed by atoms with E-state index in [-0.39, 0.29) is 0 Å². The van der Waals surface area contributed by atoms with E-state index in [1.54, 1.807) is 11.8 Å². The molecule has 0 radical (unpaired) electrons. The summed E-state index contributed by atoms with van der Waals surface area (Å²) in [5.41, 5.74) is 9.49. The Balaban J connectivity index is 1.30. The normalized spacial score (nSPS) is 18.8. The Morgan fingerprint density at radius 1 is 1.13 bits per heavy atom. The highest BCUT2D eigenvalue weighted by Crippen LogP contribution is 2.21. The van der Waals surface area contributed by atoms with Gasteiger partial charge in [0, 0.05) is 55.4 Å². The molecule has 0 atom stereocenters. The van der Waals surface area contributed by atoms with Crippen LogP contribution in [0.5, 0.6) is 0 Å². The number of aryl methyl sites for hydroxylation is 2. The number of morpholine rings is 1. The molecule has 0 amide bonds. The van der Waals surface area contributed by atoms with Crippen LogP contribution in [0.2, 0.25) is 0 Å². The predicted octanol–water partition coefficient (Wildman–Crippen LogP) is 3.47. The van der Waals surface area contributed by atoms with Crippen molar-refractivity contribution in [3.8, 4) is 0 Å². The van der Waals surface area contributed by atoms with Crippen molar-refractivity contribution in [1.82, 2.24) is 14.9 Å². The lowest BCUT2D eigenvalue weighted by molar-refractivity contribution is 0.0377. The molecule has 0 aliphatic carbocycles. The standard InChI is InChI=1S/C24H33N5OS/c1-19-17-22(20(2)29(19)12-9-21-7-4-3-5-8-21)23-18-31-24(27-26-23)25-10-6-11-28-13-15-30-16-14-28/h3-5,7-8,17H,6,9-16,18H2,1-2H3,(H,25,27). The van der Waals surface area contributed by atoms with Gasteiger partial charge < -0.3 is 9.30 Å². The lowest BCUT2D eigenvalue weighted by Gasteiger charge is -2.26. The van der Waals surface area contributed by atoms with E-state index in [4.69, 9.17) is 9.73 Å². The molecule has 31 heavy (non-hydrogen) atoms.